The van der Waals surface area contributed by atoms with Crippen LogP contribution >= 0.6 is 0 Å². The summed E-state index contributed by atoms with van der Waals surface area (Å²) in [6, 6.07) is 11.6. The monoisotopic (exact) mass is 329 g/mol. The number of benzene rings is 1. The molecule has 2 atom stereocenters. The first-order valence-corrected chi connectivity index (χ1v) is 8.06. The Labute approximate surface area is 142 Å². The molecule has 0 fully saturated rings. The normalized spacial score (nSPS) is 13.1. The molecule has 5 nitrogen and oxygen atoms in total. The number of amides is 1. The van der Waals surface area contributed by atoms with Crippen LogP contribution in [0.1, 0.15) is 41.9 Å². The Balaban J connectivity index is 1.78. The summed E-state index contributed by atoms with van der Waals surface area (Å²) in [5.74, 6) is -0.380. The van der Waals surface area contributed by atoms with E-state index in [1.807, 2.05) is 25.1 Å². The zero-order chi connectivity index (χ0) is 17.5. The summed E-state index contributed by atoms with van der Waals surface area (Å²) in [5.41, 5.74) is 1.57. The quantitative estimate of drug-likeness (QED) is 0.792. The van der Waals surface area contributed by atoms with E-state index in [1.165, 1.54) is 17.9 Å². The lowest BCUT2D eigenvalue weighted by molar-refractivity contribution is -0.129. The minimum absolute atomic E-state index is 0.00507. The van der Waals surface area contributed by atoms with E-state index >= 15 is 0 Å². The number of nitrogens with one attached hydrogen (secondary N) is 1. The molecule has 128 valence electrons. The number of hydrogen-bond acceptors (Lipinski definition) is 4. The van der Waals surface area contributed by atoms with Crippen molar-refractivity contribution in [1.82, 2.24) is 5.32 Å². The Bertz CT molecular complexity index is 678. The Morgan fingerprint density at radius 3 is 2.50 bits per heavy atom. The van der Waals surface area contributed by atoms with E-state index < -0.39 is 12.1 Å². The molecule has 1 aromatic heterocycles. The number of carbonyl (C=O) groups excluding carboxylic acids is 2. The topological polar surface area (TPSA) is 68.5 Å². The van der Waals surface area contributed by atoms with Gasteiger partial charge in [0.1, 0.15) is 11.3 Å². The van der Waals surface area contributed by atoms with Crippen molar-refractivity contribution < 1.29 is 18.7 Å². The van der Waals surface area contributed by atoms with Gasteiger partial charge in [-0.1, -0.05) is 30.3 Å². The number of hydrogen-bond donors (Lipinski definition) is 1. The molecule has 0 radical (unpaired) electrons. The van der Waals surface area contributed by atoms with Gasteiger partial charge in [0.25, 0.3) is 5.91 Å². The molecule has 5 heteroatoms. The van der Waals surface area contributed by atoms with Gasteiger partial charge in [0.2, 0.25) is 0 Å². The van der Waals surface area contributed by atoms with Crippen molar-refractivity contribution in [3.8, 4) is 0 Å². The van der Waals surface area contributed by atoms with Crippen LogP contribution in [-0.2, 0) is 16.0 Å². The van der Waals surface area contributed by atoms with E-state index in [1.54, 1.807) is 13.8 Å². The highest BCUT2D eigenvalue weighted by atomic mass is 16.5. The maximum Gasteiger partial charge on any atom is 0.342 e. The van der Waals surface area contributed by atoms with Gasteiger partial charge in [-0.15, -0.1) is 0 Å². The molecular weight excluding hydrogens is 306 g/mol. The van der Waals surface area contributed by atoms with Gasteiger partial charge < -0.3 is 14.5 Å². The molecule has 1 heterocycles. The predicted octanol–water partition coefficient (Wildman–Crippen LogP) is 3.27. The highest BCUT2D eigenvalue weighted by molar-refractivity contribution is 5.92. The van der Waals surface area contributed by atoms with Crippen LogP contribution in [-0.4, -0.2) is 24.0 Å². The van der Waals surface area contributed by atoms with Crippen molar-refractivity contribution in [2.75, 3.05) is 0 Å². The van der Waals surface area contributed by atoms with E-state index in [0.717, 1.165) is 12.8 Å². The molecule has 24 heavy (non-hydrogen) atoms. The van der Waals surface area contributed by atoms with Gasteiger partial charge in [-0.25, -0.2) is 4.79 Å². The van der Waals surface area contributed by atoms with Gasteiger partial charge in [-0.05, 0) is 45.2 Å². The Morgan fingerprint density at radius 1 is 1.17 bits per heavy atom. The maximum atomic E-state index is 12.1. The van der Waals surface area contributed by atoms with Gasteiger partial charge in [0.05, 0.1) is 6.26 Å². The fraction of sp³-hybridized carbons (Fsp3) is 0.368. The molecule has 0 unspecified atom stereocenters. The van der Waals surface area contributed by atoms with Crippen LogP contribution < -0.4 is 5.32 Å². The van der Waals surface area contributed by atoms with Gasteiger partial charge in [-0.2, -0.15) is 0 Å². The lowest BCUT2D eigenvalue weighted by Gasteiger charge is -2.18. The number of aryl methyl sites for hydroxylation is 2. The highest BCUT2D eigenvalue weighted by Crippen LogP contribution is 2.12. The summed E-state index contributed by atoms with van der Waals surface area (Å²) >= 11 is 0. The lowest BCUT2D eigenvalue weighted by atomic mass is 10.1. The van der Waals surface area contributed by atoms with Crippen LogP contribution in [0.3, 0.4) is 0 Å². The average molecular weight is 329 g/mol. The molecule has 2 rings (SSSR count). The number of ether oxygens (including phenoxy) is 1. The van der Waals surface area contributed by atoms with Crippen LogP contribution in [0.5, 0.6) is 0 Å². The van der Waals surface area contributed by atoms with Gasteiger partial charge in [0, 0.05) is 6.04 Å². The summed E-state index contributed by atoms with van der Waals surface area (Å²) in [4.78, 5) is 24.1. The smallest absolute Gasteiger partial charge is 0.342 e. The van der Waals surface area contributed by atoms with E-state index in [4.69, 9.17) is 9.15 Å². The van der Waals surface area contributed by atoms with Gasteiger partial charge >= 0.3 is 5.97 Å². The van der Waals surface area contributed by atoms with Crippen molar-refractivity contribution in [3.05, 3.63) is 59.5 Å². The molecule has 2 aromatic rings. The van der Waals surface area contributed by atoms with Crippen molar-refractivity contribution in [2.45, 2.75) is 45.8 Å². The van der Waals surface area contributed by atoms with Gasteiger partial charge in [-0.3, -0.25) is 4.79 Å². The largest absolute Gasteiger partial charge is 0.469 e. The molecule has 0 aliphatic heterocycles. The first kappa shape index (κ1) is 17.8. The third-order valence-corrected chi connectivity index (χ3v) is 3.83. The van der Waals surface area contributed by atoms with E-state index in [0.29, 0.717) is 11.3 Å². The zero-order valence-corrected chi connectivity index (χ0v) is 14.2. The first-order chi connectivity index (χ1) is 11.5. The lowest BCUT2D eigenvalue weighted by Crippen LogP contribution is -2.41. The molecule has 1 aromatic carbocycles. The van der Waals surface area contributed by atoms with Crippen molar-refractivity contribution >= 4 is 11.9 Å². The zero-order valence-electron chi connectivity index (χ0n) is 14.2. The fourth-order valence-electron chi connectivity index (χ4n) is 2.33. The minimum Gasteiger partial charge on any atom is -0.469 e. The third kappa shape index (κ3) is 4.98. The standard InChI is InChI=1S/C19H23NO4/c1-13(9-10-16-7-5-4-6-8-16)20-18(21)15(3)24-19(22)17-11-12-23-14(17)2/h4-8,11-13,15H,9-10H2,1-3H3,(H,20,21)/t13-,15+/m1/s1. The molecule has 0 aliphatic rings. The fourth-order valence-corrected chi connectivity index (χ4v) is 2.33. The molecule has 0 saturated heterocycles. The highest BCUT2D eigenvalue weighted by Gasteiger charge is 2.22. The van der Waals surface area contributed by atoms with Crippen molar-refractivity contribution in [1.29, 1.82) is 0 Å². The maximum absolute atomic E-state index is 12.1. The Morgan fingerprint density at radius 2 is 1.88 bits per heavy atom. The molecule has 0 saturated carbocycles. The molecule has 0 bridgehead atoms. The van der Waals surface area contributed by atoms with Crippen LogP contribution in [0.15, 0.2) is 47.1 Å². The van der Waals surface area contributed by atoms with E-state index in [2.05, 4.69) is 17.4 Å². The first-order valence-electron chi connectivity index (χ1n) is 8.06. The molecule has 1 amide bonds. The number of esters is 1. The van der Waals surface area contributed by atoms with Crippen LogP contribution in [0.25, 0.3) is 0 Å². The van der Waals surface area contributed by atoms with Crippen LogP contribution in [0.4, 0.5) is 0 Å². The molecule has 1 N–H and O–H groups in total. The minimum atomic E-state index is -0.856. The average Bonchev–Trinajstić information content (AvgIpc) is 3.00. The van der Waals surface area contributed by atoms with Crippen molar-refractivity contribution in [3.63, 3.8) is 0 Å². The number of furan rings is 1. The Hall–Kier alpha value is -2.56. The summed E-state index contributed by atoms with van der Waals surface area (Å²) in [5, 5.41) is 2.88. The second-order valence-corrected chi connectivity index (χ2v) is 5.87. The molecule has 0 spiro atoms. The molecular formula is C19H23NO4. The van der Waals surface area contributed by atoms with Crippen LogP contribution in [0, 0.1) is 6.92 Å². The third-order valence-electron chi connectivity index (χ3n) is 3.83. The van der Waals surface area contributed by atoms with Gasteiger partial charge in [0.15, 0.2) is 6.10 Å². The summed E-state index contributed by atoms with van der Waals surface area (Å²) < 4.78 is 10.3. The summed E-state index contributed by atoms with van der Waals surface area (Å²) in [6.07, 6.45) is 2.26. The SMILES string of the molecule is Cc1occc1C(=O)O[C@@H](C)C(=O)N[C@H](C)CCc1ccccc1. The van der Waals surface area contributed by atoms with Crippen molar-refractivity contribution in [2.24, 2.45) is 0 Å². The summed E-state index contributed by atoms with van der Waals surface area (Å²) in [7, 11) is 0. The van der Waals surface area contributed by atoms with Crippen LogP contribution in [0.2, 0.25) is 0 Å². The number of rotatable bonds is 7. The Kier molecular flexibility index (Phi) is 6.18. The number of carbonyl (C=O) groups is 2. The van der Waals surface area contributed by atoms with E-state index in [-0.39, 0.29) is 11.9 Å². The second-order valence-electron chi connectivity index (χ2n) is 5.87. The summed E-state index contributed by atoms with van der Waals surface area (Å²) in [6.45, 7) is 5.18. The second kappa shape index (κ2) is 8.34. The molecule has 0 aliphatic carbocycles. The predicted molar refractivity (Wildman–Crippen MR) is 90.7 cm³/mol. The van der Waals surface area contributed by atoms with E-state index in [9.17, 15) is 9.59 Å².